The summed E-state index contributed by atoms with van der Waals surface area (Å²) >= 11 is 0. The van der Waals surface area contributed by atoms with Crippen LogP contribution in [0, 0.1) is 0 Å². The first kappa shape index (κ1) is 9.11. The highest BCUT2D eigenvalue weighted by molar-refractivity contribution is 5.88. The molecular formula is C7H7N3O3. The van der Waals surface area contributed by atoms with Crippen molar-refractivity contribution < 1.29 is 14.7 Å². The Morgan fingerprint density at radius 3 is 2.46 bits per heavy atom. The fourth-order valence-corrected chi connectivity index (χ4v) is 0.683. The summed E-state index contributed by atoms with van der Waals surface area (Å²) in [7, 11) is 0. The number of hydrogen-bond acceptors (Lipinski definition) is 4. The summed E-state index contributed by atoms with van der Waals surface area (Å²) in [5.74, 6) is -1.20. The third kappa shape index (κ3) is 2.51. The maximum Gasteiger partial charge on any atom is 0.356 e. The molecule has 1 amide bonds. The van der Waals surface area contributed by atoms with Gasteiger partial charge in [0, 0.05) is 6.92 Å². The van der Waals surface area contributed by atoms with Crippen molar-refractivity contribution in [2.75, 3.05) is 5.32 Å². The molecule has 0 saturated carbocycles. The van der Waals surface area contributed by atoms with Gasteiger partial charge in [0.25, 0.3) is 0 Å². The summed E-state index contributed by atoms with van der Waals surface area (Å²) in [6.45, 7) is 1.33. The number of nitrogens with one attached hydrogen (secondary N) is 1. The highest BCUT2D eigenvalue weighted by Gasteiger charge is 2.04. The van der Waals surface area contributed by atoms with Gasteiger partial charge in [0.05, 0.1) is 12.4 Å². The molecule has 68 valence electrons. The number of amides is 1. The van der Waals surface area contributed by atoms with Gasteiger partial charge in [-0.25, -0.2) is 14.8 Å². The van der Waals surface area contributed by atoms with Crippen LogP contribution in [0.25, 0.3) is 0 Å². The molecule has 2 N–H and O–H groups in total. The summed E-state index contributed by atoms with van der Waals surface area (Å²) in [5, 5.41) is 10.8. The van der Waals surface area contributed by atoms with Crippen LogP contribution in [0.2, 0.25) is 0 Å². The molecule has 0 aliphatic carbocycles. The lowest BCUT2D eigenvalue weighted by atomic mass is 10.4. The molecule has 0 aliphatic heterocycles. The second-order valence-electron chi connectivity index (χ2n) is 2.27. The van der Waals surface area contributed by atoms with E-state index in [2.05, 4.69) is 15.3 Å². The van der Waals surface area contributed by atoms with E-state index in [1.54, 1.807) is 0 Å². The number of nitrogens with zero attached hydrogens (tertiary/aromatic N) is 2. The van der Waals surface area contributed by atoms with E-state index < -0.39 is 5.97 Å². The largest absolute Gasteiger partial charge is 0.476 e. The summed E-state index contributed by atoms with van der Waals surface area (Å²) in [4.78, 5) is 28.1. The number of aromatic nitrogens is 2. The Hall–Kier alpha value is -1.98. The van der Waals surface area contributed by atoms with Crippen LogP contribution in [-0.4, -0.2) is 27.0 Å². The maximum absolute atomic E-state index is 10.5. The van der Waals surface area contributed by atoms with Crippen LogP contribution in [0.1, 0.15) is 17.4 Å². The Kier molecular flexibility index (Phi) is 2.53. The fraction of sp³-hybridized carbons (Fsp3) is 0.143. The predicted octanol–water partition coefficient (Wildman–Crippen LogP) is 0.133. The third-order valence-electron chi connectivity index (χ3n) is 1.18. The van der Waals surface area contributed by atoms with Gasteiger partial charge in [-0.05, 0) is 0 Å². The lowest BCUT2D eigenvalue weighted by Gasteiger charge is -1.99. The van der Waals surface area contributed by atoms with Crippen LogP contribution in [0.3, 0.4) is 0 Å². The Morgan fingerprint density at radius 2 is 2.08 bits per heavy atom. The van der Waals surface area contributed by atoms with Crippen molar-refractivity contribution in [2.45, 2.75) is 6.92 Å². The molecule has 6 nitrogen and oxygen atoms in total. The topological polar surface area (TPSA) is 92.2 Å². The summed E-state index contributed by atoms with van der Waals surface area (Å²) in [6, 6.07) is 0. The summed E-state index contributed by atoms with van der Waals surface area (Å²) < 4.78 is 0. The fourth-order valence-electron chi connectivity index (χ4n) is 0.683. The average molecular weight is 181 g/mol. The highest BCUT2D eigenvalue weighted by Crippen LogP contribution is 2.00. The summed E-state index contributed by atoms with van der Waals surface area (Å²) in [5.41, 5.74) is -0.158. The van der Waals surface area contributed by atoms with Gasteiger partial charge in [-0.15, -0.1) is 0 Å². The zero-order valence-electron chi connectivity index (χ0n) is 6.81. The predicted molar refractivity (Wildman–Crippen MR) is 43.3 cm³/mol. The second-order valence-corrected chi connectivity index (χ2v) is 2.27. The highest BCUT2D eigenvalue weighted by atomic mass is 16.4. The van der Waals surface area contributed by atoms with Crippen molar-refractivity contribution in [1.29, 1.82) is 0 Å². The van der Waals surface area contributed by atoms with Crippen LogP contribution in [0.4, 0.5) is 5.82 Å². The van der Waals surface area contributed by atoms with Crippen molar-refractivity contribution in [3.05, 3.63) is 18.1 Å². The number of rotatable bonds is 2. The van der Waals surface area contributed by atoms with Crippen LogP contribution < -0.4 is 5.32 Å². The number of carbonyl (C=O) groups is 2. The normalized spacial score (nSPS) is 9.31. The molecule has 0 unspecified atom stereocenters. The third-order valence-corrected chi connectivity index (χ3v) is 1.18. The molecule has 0 radical (unpaired) electrons. The molecule has 13 heavy (non-hydrogen) atoms. The van der Waals surface area contributed by atoms with Crippen LogP contribution in [-0.2, 0) is 4.79 Å². The maximum atomic E-state index is 10.5. The van der Waals surface area contributed by atoms with E-state index in [9.17, 15) is 9.59 Å². The van der Waals surface area contributed by atoms with Crippen LogP contribution in [0.5, 0.6) is 0 Å². The molecule has 0 saturated heterocycles. The van der Waals surface area contributed by atoms with E-state index in [1.165, 1.54) is 13.1 Å². The van der Waals surface area contributed by atoms with E-state index in [4.69, 9.17) is 5.11 Å². The van der Waals surface area contributed by atoms with Crippen LogP contribution >= 0.6 is 0 Å². The molecule has 0 fully saturated rings. The van der Waals surface area contributed by atoms with Crippen molar-refractivity contribution in [3.63, 3.8) is 0 Å². The average Bonchev–Trinajstić information content (AvgIpc) is 2.04. The van der Waals surface area contributed by atoms with E-state index in [-0.39, 0.29) is 17.4 Å². The Morgan fingerprint density at radius 1 is 1.38 bits per heavy atom. The van der Waals surface area contributed by atoms with Gasteiger partial charge in [0.1, 0.15) is 0 Å². The molecule has 0 bridgehead atoms. The number of aromatic carboxylic acids is 1. The number of carboxylic acid groups (broad SMARTS) is 1. The van der Waals surface area contributed by atoms with Gasteiger partial charge in [0.2, 0.25) is 5.91 Å². The minimum Gasteiger partial charge on any atom is -0.476 e. The summed E-state index contributed by atoms with van der Waals surface area (Å²) in [6.07, 6.45) is 2.26. The molecule has 1 aromatic rings. The zero-order chi connectivity index (χ0) is 9.84. The molecule has 1 rings (SSSR count). The lowest BCUT2D eigenvalue weighted by molar-refractivity contribution is -0.114. The zero-order valence-corrected chi connectivity index (χ0v) is 6.81. The van der Waals surface area contributed by atoms with E-state index in [0.29, 0.717) is 0 Å². The van der Waals surface area contributed by atoms with E-state index >= 15 is 0 Å². The first-order valence-corrected chi connectivity index (χ1v) is 3.42. The number of anilines is 1. The van der Waals surface area contributed by atoms with E-state index in [0.717, 1.165) is 6.20 Å². The number of carboxylic acids is 1. The first-order valence-electron chi connectivity index (χ1n) is 3.42. The van der Waals surface area contributed by atoms with Gasteiger partial charge in [-0.2, -0.15) is 0 Å². The minimum absolute atomic E-state index is 0.158. The first-order chi connectivity index (χ1) is 6.09. The molecule has 6 heteroatoms. The smallest absolute Gasteiger partial charge is 0.356 e. The van der Waals surface area contributed by atoms with Gasteiger partial charge < -0.3 is 10.4 Å². The Labute approximate surface area is 73.6 Å². The van der Waals surface area contributed by atoms with Crippen molar-refractivity contribution in [3.8, 4) is 0 Å². The molecule has 0 aliphatic rings. The molecule has 0 atom stereocenters. The van der Waals surface area contributed by atoms with Crippen molar-refractivity contribution >= 4 is 17.7 Å². The van der Waals surface area contributed by atoms with Crippen LogP contribution in [0.15, 0.2) is 12.4 Å². The van der Waals surface area contributed by atoms with Crippen molar-refractivity contribution in [2.24, 2.45) is 0 Å². The Balaban J connectivity index is 2.81. The molecular weight excluding hydrogens is 174 g/mol. The van der Waals surface area contributed by atoms with E-state index in [1.807, 2.05) is 0 Å². The Bertz CT molecular complexity index is 333. The van der Waals surface area contributed by atoms with Gasteiger partial charge in [-0.1, -0.05) is 0 Å². The standard InChI is InChI=1S/C7H7N3O3/c1-4(11)10-6-3-8-5(2-9-6)7(12)13/h2-3H,1H3,(H,12,13)(H,9,10,11). The van der Waals surface area contributed by atoms with Gasteiger partial charge in [0.15, 0.2) is 11.5 Å². The molecule has 1 aromatic heterocycles. The number of carbonyl (C=O) groups excluding carboxylic acids is 1. The second kappa shape index (κ2) is 3.61. The molecule has 0 aromatic carbocycles. The molecule has 0 spiro atoms. The molecule has 1 heterocycles. The van der Waals surface area contributed by atoms with Gasteiger partial charge >= 0.3 is 5.97 Å². The minimum atomic E-state index is -1.15. The SMILES string of the molecule is CC(=O)Nc1cnc(C(=O)O)cn1. The number of hydrogen-bond donors (Lipinski definition) is 2. The lowest BCUT2D eigenvalue weighted by Crippen LogP contribution is -2.09. The van der Waals surface area contributed by atoms with Crippen molar-refractivity contribution in [1.82, 2.24) is 9.97 Å². The van der Waals surface area contributed by atoms with Gasteiger partial charge in [-0.3, -0.25) is 4.79 Å². The quantitative estimate of drug-likeness (QED) is 0.676. The monoisotopic (exact) mass is 181 g/mol.